The van der Waals surface area contributed by atoms with Gasteiger partial charge in [-0.05, 0) is 56.4 Å². The summed E-state index contributed by atoms with van der Waals surface area (Å²) in [6.07, 6.45) is 6.33. The van der Waals surface area contributed by atoms with Gasteiger partial charge >= 0.3 is 0 Å². The number of nitrogens with zero attached hydrogens (tertiary/aromatic N) is 1. The maximum atomic E-state index is 9.03. The van der Waals surface area contributed by atoms with Crippen molar-refractivity contribution in [2.24, 2.45) is 17.8 Å². The first-order valence-electron chi connectivity index (χ1n) is 8.24. The molecule has 0 spiro atoms. The van der Waals surface area contributed by atoms with Crippen LogP contribution < -0.4 is 5.32 Å². The van der Waals surface area contributed by atoms with Crippen molar-refractivity contribution in [2.75, 3.05) is 32.8 Å². The summed E-state index contributed by atoms with van der Waals surface area (Å²) >= 11 is 0. The summed E-state index contributed by atoms with van der Waals surface area (Å²) in [5, 5.41) is 12.8. The van der Waals surface area contributed by atoms with E-state index in [0.717, 1.165) is 24.2 Å². The fourth-order valence-corrected chi connectivity index (χ4v) is 3.36. The van der Waals surface area contributed by atoms with Gasteiger partial charge in [-0.2, -0.15) is 0 Å². The molecule has 2 fully saturated rings. The van der Waals surface area contributed by atoms with Crippen molar-refractivity contribution in [2.45, 2.75) is 52.0 Å². The minimum Gasteiger partial charge on any atom is -0.396 e. The molecule has 2 rings (SSSR count). The summed E-state index contributed by atoms with van der Waals surface area (Å²) in [7, 11) is 0. The number of aliphatic hydroxyl groups excluding tert-OH is 1. The Morgan fingerprint density at radius 3 is 2.63 bits per heavy atom. The predicted molar refractivity (Wildman–Crippen MR) is 80.2 cm³/mol. The molecular formula is C16H32N2O. The van der Waals surface area contributed by atoms with Gasteiger partial charge in [0.05, 0.1) is 0 Å². The molecule has 2 aliphatic rings. The smallest absolute Gasteiger partial charge is 0.0431 e. The van der Waals surface area contributed by atoms with Crippen LogP contribution in [0.3, 0.4) is 0 Å². The molecule has 1 aliphatic heterocycles. The average Bonchev–Trinajstić information content (AvgIpc) is 3.17. The van der Waals surface area contributed by atoms with Crippen LogP contribution in [0, 0.1) is 17.8 Å². The van der Waals surface area contributed by atoms with E-state index in [1.165, 1.54) is 51.9 Å². The van der Waals surface area contributed by atoms with E-state index in [9.17, 15) is 0 Å². The Labute approximate surface area is 118 Å². The highest BCUT2D eigenvalue weighted by molar-refractivity contribution is 4.86. The van der Waals surface area contributed by atoms with Crippen LogP contribution >= 0.6 is 0 Å². The van der Waals surface area contributed by atoms with Gasteiger partial charge in [0.15, 0.2) is 0 Å². The third-order valence-corrected chi connectivity index (χ3v) is 4.40. The Morgan fingerprint density at radius 2 is 2.00 bits per heavy atom. The van der Waals surface area contributed by atoms with Crippen LogP contribution in [-0.4, -0.2) is 48.8 Å². The van der Waals surface area contributed by atoms with Gasteiger partial charge in [0, 0.05) is 32.3 Å². The lowest BCUT2D eigenvalue weighted by Crippen LogP contribution is -2.50. The van der Waals surface area contributed by atoms with Crippen LogP contribution in [0.15, 0.2) is 0 Å². The lowest BCUT2D eigenvalue weighted by atomic mass is 9.90. The molecule has 1 aliphatic carbocycles. The molecule has 0 aromatic carbocycles. The van der Waals surface area contributed by atoms with E-state index in [0.29, 0.717) is 12.6 Å². The van der Waals surface area contributed by atoms with Crippen LogP contribution in [-0.2, 0) is 0 Å². The van der Waals surface area contributed by atoms with Crippen molar-refractivity contribution in [3.8, 4) is 0 Å². The zero-order valence-corrected chi connectivity index (χ0v) is 12.8. The van der Waals surface area contributed by atoms with Crippen LogP contribution in [0.4, 0.5) is 0 Å². The minimum absolute atomic E-state index is 0.348. The lowest BCUT2D eigenvalue weighted by molar-refractivity contribution is 0.118. The lowest BCUT2D eigenvalue weighted by Gasteiger charge is -2.39. The van der Waals surface area contributed by atoms with Crippen molar-refractivity contribution in [3.05, 3.63) is 0 Å². The molecule has 2 unspecified atom stereocenters. The molecule has 1 heterocycles. The number of likely N-dealkylation sites (tertiary alicyclic amines) is 1. The normalized spacial score (nSPS) is 29.1. The molecule has 1 saturated carbocycles. The molecule has 0 aromatic rings. The summed E-state index contributed by atoms with van der Waals surface area (Å²) in [6, 6.07) is 0.678. The zero-order chi connectivity index (χ0) is 13.7. The van der Waals surface area contributed by atoms with Gasteiger partial charge in [-0.25, -0.2) is 0 Å². The topological polar surface area (TPSA) is 35.5 Å². The molecular weight excluding hydrogens is 236 g/mol. The Morgan fingerprint density at radius 1 is 1.21 bits per heavy atom. The van der Waals surface area contributed by atoms with E-state index in [1.807, 2.05) is 0 Å². The average molecular weight is 268 g/mol. The SMILES string of the molecule is CC(C)CN1CC(CCCO)CC(NCC2CC2)C1. The highest BCUT2D eigenvalue weighted by atomic mass is 16.2. The molecule has 0 bridgehead atoms. The van der Waals surface area contributed by atoms with Crippen molar-refractivity contribution in [3.63, 3.8) is 0 Å². The van der Waals surface area contributed by atoms with Gasteiger partial charge in [0.2, 0.25) is 0 Å². The van der Waals surface area contributed by atoms with Gasteiger partial charge < -0.3 is 15.3 Å². The molecule has 1 saturated heterocycles. The van der Waals surface area contributed by atoms with Gasteiger partial charge in [0.25, 0.3) is 0 Å². The van der Waals surface area contributed by atoms with Crippen molar-refractivity contribution >= 4 is 0 Å². The monoisotopic (exact) mass is 268 g/mol. The maximum Gasteiger partial charge on any atom is 0.0431 e. The highest BCUT2D eigenvalue weighted by Gasteiger charge is 2.29. The third kappa shape index (κ3) is 5.80. The van der Waals surface area contributed by atoms with Crippen LogP contribution in [0.2, 0.25) is 0 Å². The molecule has 2 N–H and O–H groups in total. The second-order valence-corrected chi connectivity index (χ2v) is 7.13. The highest BCUT2D eigenvalue weighted by Crippen LogP contribution is 2.29. The van der Waals surface area contributed by atoms with Crippen LogP contribution in [0.25, 0.3) is 0 Å². The number of hydrogen-bond acceptors (Lipinski definition) is 3. The Balaban J connectivity index is 1.78. The van der Waals surface area contributed by atoms with Gasteiger partial charge in [-0.15, -0.1) is 0 Å². The van der Waals surface area contributed by atoms with Crippen LogP contribution in [0.5, 0.6) is 0 Å². The van der Waals surface area contributed by atoms with Crippen LogP contribution in [0.1, 0.15) is 46.0 Å². The molecule has 112 valence electrons. The molecule has 2 atom stereocenters. The van der Waals surface area contributed by atoms with E-state index in [1.54, 1.807) is 0 Å². The molecule has 0 radical (unpaired) electrons. The van der Waals surface area contributed by atoms with Gasteiger partial charge in [0.1, 0.15) is 0 Å². The predicted octanol–water partition coefficient (Wildman–Crippen LogP) is 2.10. The molecule has 0 aromatic heterocycles. The van der Waals surface area contributed by atoms with E-state index >= 15 is 0 Å². The first-order chi connectivity index (χ1) is 9.17. The quantitative estimate of drug-likeness (QED) is 0.708. The maximum absolute atomic E-state index is 9.03. The molecule has 19 heavy (non-hydrogen) atoms. The van der Waals surface area contributed by atoms with E-state index in [2.05, 4.69) is 24.1 Å². The van der Waals surface area contributed by atoms with E-state index < -0.39 is 0 Å². The second kappa shape index (κ2) is 7.61. The number of rotatable bonds is 8. The fourth-order valence-electron chi connectivity index (χ4n) is 3.36. The zero-order valence-electron chi connectivity index (χ0n) is 12.8. The Bertz CT molecular complexity index is 253. The Hall–Kier alpha value is -0.120. The number of hydrogen-bond donors (Lipinski definition) is 2. The summed E-state index contributed by atoms with van der Waals surface area (Å²) in [4.78, 5) is 2.64. The van der Waals surface area contributed by atoms with Crippen molar-refractivity contribution < 1.29 is 5.11 Å². The number of aliphatic hydroxyl groups is 1. The first-order valence-corrected chi connectivity index (χ1v) is 8.24. The van der Waals surface area contributed by atoms with Crippen molar-refractivity contribution in [1.82, 2.24) is 10.2 Å². The van der Waals surface area contributed by atoms with E-state index in [4.69, 9.17) is 5.11 Å². The summed E-state index contributed by atoms with van der Waals surface area (Å²) in [5.74, 6) is 2.49. The van der Waals surface area contributed by atoms with E-state index in [-0.39, 0.29) is 0 Å². The number of nitrogens with one attached hydrogen (secondary N) is 1. The Kier molecular flexibility index (Phi) is 6.11. The first kappa shape index (κ1) is 15.3. The summed E-state index contributed by atoms with van der Waals surface area (Å²) in [6.45, 7) is 9.87. The fraction of sp³-hybridized carbons (Fsp3) is 1.00. The van der Waals surface area contributed by atoms with Crippen molar-refractivity contribution in [1.29, 1.82) is 0 Å². The molecule has 3 nitrogen and oxygen atoms in total. The second-order valence-electron chi connectivity index (χ2n) is 7.13. The minimum atomic E-state index is 0.348. The third-order valence-electron chi connectivity index (χ3n) is 4.40. The summed E-state index contributed by atoms with van der Waals surface area (Å²) < 4.78 is 0. The van der Waals surface area contributed by atoms with Gasteiger partial charge in [-0.3, -0.25) is 0 Å². The number of piperidine rings is 1. The molecule has 0 amide bonds. The van der Waals surface area contributed by atoms with Gasteiger partial charge in [-0.1, -0.05) is 13.8 Å². The molecule has 3 heteroatoms. The largest absolute Gasteiger partial charge is 0.396 e. The standard InChI is InChI=1S/C16H32N2O/c1-13(2)10-18-11-15(4-3-7-19)8-16(12-18)17-9-14-5-6-14/h13-17,19H,3-12H2,1-2H3. The summed E-state index contributed by atoms with van der Waals surface area (Å²) in [5.41, 5.74) is 0.